The molecule has 1 N–H and O–H groups in total. The summed E-state index contributed by atoms with van der Waals surface area (Å²) in [4.78, 5) is 11.7. The Morgan fingerprint density at radius 3 is 1.90 bits per heavy atom. The van der Waals surface area contributed by atoms with E-state index in [0.29, 0.717) is 5.56 Å². The number of alkyl halides is 9. The molecule has 0 aliphatic heterocycles. The molecule has 0 radical (unpaired) electrons. The number of hydrogen-bond donors (Lipinski definition) is 1. The van der Waals surface area contributed by atoms with E-state index in [0.717, 1.165) is 6.92 Å². The van der Waals surface area contributed by atoms with E-state index in [1.807, 2.05) is 0 Å². The summed E-state index contributed by atoms with van der Waals surface area (Å²) in [6, 6.07) is 5.27. The van der Waals surface area contributed by atoms with E-state index < -0.39 is 48.0 Å². The first-order valence-corrected chi connectivity index (χ1v) is 7.80. The van der Waals surface area contributed by atoms with Crippen molar-refractivity contribution in [1.29, 1.82) is 0 Å². The quantitative estimate of drug-likeness (QED) is 0.185. The second-order valence-corrected chi connectivity index (χ2v) is 5.67. The van der Waals surface area contributed by atoms with Gasteiger partial charge in [-0.3, -0.25) is 0 Å². The van der Waals surface area contributed by atoms with Crippen molar-refractivity contribution in [3.8, 4) is 0 Å². The number of hydrogen-bond acceptors (Lipinski definition) is 5. The molecular formula is C16H13F9N2O3. The van der Waals surface area contributed by atoms with Crippen LogP contribution in [0.4, 0.5) is 45.2 Å². The van der Waals surface area contributed by atoms with Crippen LogP contribution < -0.4 is 0 Å². The summed E-state index contributed by atoms with van der Waals surface area (Å²) in [6.07, 6.45) is -7.10. The van der Waals surface area contributed by atoms with Gasteiger partial charge >= 0.3 is 29.9 Å². The summed E-state index contributed by atoms with van der Waals surface area (Å²) in [5, 5.41) is 15.4. The highest BCUT2D eigenvalue weighted by Crippen LogP contribution is 2.55. The molecule has 0 aliphatic carbocycles. The number of nitrogens with zero attached hydrogens (tertiary/aromatic N) is 2. The summed E-state index contributed by atoms with van der Waals surface area (Å²) >= 11 is 0. The van der Waals surface area contributed by atoms with E-state index >= 15 is 0 Å². The minimum absolute atomic E-state index is 0.161. The van der Waals surface area contributed by atoms with Crippen LogP contribution in [0.2, 0.25) is 0 Å². The van der Waals surface area contributed by atoms with Crippen molar-refractivity contribution in [2.45, 2.75) is 37.8 Å². The Labute approximate surface area is 162 Å². The van der Waals surface area contributed by atoms with Crippen LogP contribution in [0, 0.1) is 6.92 Å². The highest BCUT2D eigenvalue weighted by Gasteiger charge is 2.83. The predicted molar refractivity (Wildman–Crippen MR) is 82.9 cm³/mol. The summed E-state index contributed by atoms with van der Waals surface area (Å²) in [6.45, 7) is 2.19. The lowest BCUT2D eigenvalue weighted by Gasteiger charge is -2.33. The third kappa shape index (κ3) is 4.67. The van der Waals surface area contributed by atoms with Gasteiger partial charge in [-0.1, -0.05) is 17.7 Å². The molecule has 30 heavy (non-hydrogen) atoms. The Hall–Kier alpha value is -2.80. The molecule has 14 heteroatoms. The number of halogens is 9. The van der Waals surface area contributed by atoms with Gasteiger partial charge in [0.2, 0.25) is 11.5 Å². The fourth-order valence-corrected chi connectivity index (χ4v) is 1.78. The van der Waals surface area contributed by atoms with Crippen LogP contribution in [0.15, 0.2) is 46.0 Å². The number of aryl methyl sites for hydroxylation is 1. The van der Waals surface area contributed by atoms with E-state index in [1.54, 1.807) is 6.92 Å². The van der Waals surface area contributed by atoms with Gasteiger partial charge in [-0.15, -0.1) is 5.11 Å². The minimum Gasteiger partial charge on any atom is -0.504 e. The van der Waals surface area contributed by atoms with Crippen molar-refractivity contribution in [1.82, 2.24) is 0 Å². The molecule has 1 aromatic carbocycles. The minimum atomic E-state index is -7.27. The fourth-order valence-electron chi connectivity index (χ4n) is 1.78. The average molecular weight is 452 g/mol. The maximum absolute atomic E-state index is 13.9. The van der Waals surface area contributed by atoms with E-state index in [4.69, 9.17) is 0 Å². The standard InChI is InChI=1S/C16H13F9N2O3/c1-3-30-12(29)10(27-26-9-6-4-8(2)5-7-9)11(28)13(17,18)14(19,20)15(21,22)16(23,24)25/h4-7,28H,3H2,1-2H3/b11-10+,27-26?. The first kappa shape index (κ1) is 25.2. The lowest BCUT2D eigenvalue weighted by Crippen LogP contribution is -2.61. The number of aliphatic hydroxyl groups excluding tert-OH is 1. The first-order valence-electron chi connectivity index (χ1n) is 7.80. The molecule has 0 heterocycles. The number of azo groups is 1. The van der Waals surface area contributed by atoms with Gasteiger partial charge in [0.25, 0.3) is 0 Å². The molecule has 5 nitrogen and oxygen atoms in total. The summed E-state index contributed by atoms with van der Waals surface area (Å²) in [5.74, 6) is -26.2. The predicted octanol–water partition coefficient (Wildman–Crippen LogP) is 5.88. The van der Waals surface area contributed by atoms with Gasteiger partial charge in [0.15, 0.2) is 0 Å². The number of esters is 1. The molecule has 0 saturated heterocycles. The molecule has 0 fully saturated rings. The Bertz CT molecular complexity index is 831. The molecule has 0 spiro atoms. The number of ether oxygens (including phenoxy) is 1. The molecule has 1 aromatic rings. The van der Waals surface area contributed by atoms with Crippen LogP contribution in [-0.4, -0.2) is 41.6 Å². The van der Waals surface area contributed by atoms with E-state index in [2.05, 4.69) is 15.0 Å². The lowest BCUT2D eigenvalue weighted by atomic mass is 10.0. The Kier molecular flexibility index (Phi) is 7.16. The van der Waals surface area contributed by atoms with Crippen LogP contribution in [0.5, 0.6) is 0 Å². The summed E-state index contributed by atoms with van der Waals surface area (Å²) < 4.78 is 122. The molecule has 0 atom stereocenters. The summed E-state index contributed by atoms with van der Waals surface area (Å²) in [5.41, 5.74) is -1.55. The van der Waals surface area contributed by atoms with E-state index in [1.165, 1.54) is 24.3 Å². The second-order valence-electron chi connectivity index (χ2n) is 5.67. The Balaban J connectivity index is 3.59. The normalized spacial score (nSPS) is 14.6. The average Bonchev–Trinajstić information content (AvgIpc) is 2.62. The Morgan fingerprint density at radius 1 is 0.967 bits per heavy atom. The summed E-state index contributed by atoms with van der Waals surface area (Å²) in [7, 11) is 0. The third-order valence-electron chi connectivity index (χ3n) is 3.43. The number of aliphatic hydroxyl groups is 1. The molecular weight excluding hydrogens is 439 g/mol. The largest absolute Gasteiger partial charge is 0.504 e. The van der Waals surface area contributed by atoms with E-state index in [9.17, 15) is 49.4 Å². The molecule has 168 valence electrons. The lowest BCUT2D eigenvalue weighted by molar-refractivity contribution is -0.392. The number of carbonyl (C=O) groups excluding carboxylic acids is 1. The van der Waals surface area contributed by atoms with Crippen molar-refractivity contribution in [2.75, 3.05) is 6.61 Å². The Morgan fingerprint density at radius 2 is 1.47 bits per heavy atom. The maximum Gasteiger partial charge on any atom is 0.460 e. The van der Waals surface area contributed by atoms with Gasteiger partial charge in [-0.2, -0.15) is 44.6 Å². The third-order valence-corrected chi connectivity index (χ3v) is 3.43. The van der Waals surface area contributed by atoms with Crippen molar-refractivity contribution < 1.29 is 54.2 Å². The molecule has 0 unspecified atom stereocenters. The molecule has 0 saturated carbocycles. The van der Waals surface area contributed by atoms with Crippen molar-refractivity contribution >= 4 is 11.7 Å². The molecule has 1 rings (SSSR count). The second kappa shape index (κ2) is 8.52. The van der Waals surface area contributed by atoms with Gasteiger partial charge in [0.05, 0.1) is 12.3 Å². The van der Waals surface area contributed by atoms with Crippen LogP contribution in [0.3, 0.4) is 0 Å². The highest BCUT2D eigenvalue weighted by atomic mass is 19.4. The van der Waals surface area contributed by atoms with Gasteiger partial charge in [-0.25, -0.2) is 4.79 Å². The molecule has 0 bridgehead atoms. The van der Waals surface area contributed by atoms with Crippen LogP contribution >= 0.6 is 0 Å². The highest BCUT2D eigenvalue weighted by molar-refractivity contribution is 5.88. The monoisotopic (exact) mass is 452 g/mol. The van der Waals surface area contributed by atoms with E-state index in [-0.39, 0.29) is 5.69 Å². The SMILES string of the molecule is CCOC(=O)/C(N=Nc1ccc(C)cc1)=C(\O)C(F)(F)C(F)(F)C(F)(F)C(F)(F)F. The topological polar surface area (TPSA) is 71.2 Å². The zero-order valence-electron chi connectivity index (χ0n) is 15.1. The number of carbonyl (C=O) groups is 1. The van der Waals surface area contributed by atoms with Crippen molar-refractivity contribution in [2.24, 2.45) is 10.2 Å². The van der Waals surface area contributed by atoms with Gasteiger partial charge in [-0.05, 0) is 26.0 Å². The van der Waals surface area contributed by atoms with Crippen LogP contribution in [-0.2, 0) is 9.53 Å². The zero-order chi connectivity index (χ0) is 23.5. The van der Waals surface area contributed by atoms with Gasteiger partial charge in [0, 0.05) is 0 Å². The molecule has 0 aromatic heterocycles. The number of allylic oxidation sites excluding steroid dienone is 1. The number of rotatable bonds is 7. The van der Waals surface area contributed by atoms with Gasteiger partial charge in [0.1, 0.15) is 0 Å². The van der Waals surface area contributed by atoms with Crippen LogP contribution in [0.25, 0.3) is 0 Å². The fraction of sp³-hybridized carbons (Fsp3) is 0.438. The maximum atomic E-state index is 13.9. The van der Waals surface area contributed by atoms with Crippen molar-refractivity contribution in [3.05, 3.63) is 41.3 Å². The first-order chi connectivity index (χ1) is 13.5. The zero-order valence-corrected chi connectivity index (χ0v) is 15.1. The van der Waals surface area contributed by atoms with Crippen molar-refractivity contribution in [3.63, 3.8) is 0 Å². The van der Waals surface area contributed by atoms with Crippen LogP contribution in [0.1, 0.15) is 12.5 Å². The number of benzene rings is 1. The smallest absolute Gasteiger partial charge is 0.460 e. The van der Waals surface area contributed by atoms with Gasteiger partial charge < -0.3 is 9.84 Å². The molecule has 0 amide bonds. The molecule has 0 aliphatic rings.